The second kappa shape index (κ2) is 4.99. The molecule has 0 spiro atoms. The van der Waals surface area contributed by atoms with Crippen molar-refractivity contribution < 1.29 is 0 Å². The van der Waals surface area contributed by atoms with Gasteiger partial charge in [-0.25, -0.2) is 4.98 Å². The Balaban J connectivity index is 2.08. The summed E-state index contributed by atoms with van der Waals surface area (Å²) in [4.78, 5) is 7.21. The molecule has 0 radical (unpaired) electrons. The van der Waals surface area contributed by atoms with E-state index in [2.05, 4.69) is 56.8 Å². The summed E-state index contributed by atoms with van der Waals surface area (Å²) in [6.07, 6.45) is 4.29. The van der Waals surface area contributed by atoms with E-state index in [1.807, 2.05) is 6.20 Å². The van der Waals surface area contributed by atoms with Crippen LogP contribution in [0.4, 0.5) is 0 Å². The van der Waals surface area contributed by atoms with Crippen LogP contribution < -0.4 is 0 Å². The number of H-pyrrole nitrogens is 1. The fourth-order valence-corrected chi connectivity index (χ4v) is 2.02. The first-order chi connectivity index (χ1) is 7.25. The molecule has 2 rings (SSSR count). The zero-order valence-electron chi connectivity index (χ0n) is 7.95. The molecule has 78 valence electrons. The van der Waals surface area contributed by atoms with Crippen molar-refractivity contribution >= 4 is 34.2 Å². The van der Waals surface area contributed by atoms with Crippen LogP contribution in [0.3, 0.4) is 0 Å². The highest BCUT2D eigenvalue weighted by Crippen LogP contribution is 2.24. The Hall–Kier alpha value is -0.550. The van der Waals surface area contributed by atoms with Gasteiger partial charge in [-0.3, -0.25) is 0 Å². The van der Waals surface area contributed by atoms with Crippen LogP contribution in [0.5, 0.6) is 0 Å². The van der Waals surface area contributed by atoms with Gasteiger partial charge in [0.25, 0.3) is 0 Å². The number of imidazole rings is 1. The molecule has 0 saturated heterocycles. The number of benzene rings is 1. The summed E-state index contributed by atoms with van der Waals surface area (Å²) < 4.78 is 1.22. The summed E-state index contributed by atoms with van der Waals surface area (Å²) in [5, 5.41) is -0.0202. The SMILES string of the molecule is ClC(Cc1ncc[nH]1)c1ccc(I)cc1. The van der Waals surface area contributed by atoms with Gasteiger partial charge in [-0.05, 0) is 40.3 Å². The maximum Gasteiger partial charge on any atom is 0.107 e. The predicted molar refractivity (Wildman–Crippen MR) is 70.0 cm³/mol. The first-order valence-electron chi connectivity index (χ1n) is 4.63. The van der Waals surface area contributed by atoms with Gasteiger partial charge in [0, 0.05) is 22.4 Å². The van der Waals surface area contributed by atoms with E-state index in [0.717, 1.165) is 17.8 Å². The van der Waals surface area contributed by atoms with E-state index in [-0.39, 0.29) is 5.38 Å². The molecule has 0 aliphatic heterocycles. The summed E-state index contributed by atoms with van der Waals surface area (Å²) in [5.41, 5.74) is 1.13. The van der Waals surface area contributed by atoms with Crippen LogP contribution in [-0.2, 0) is 6.42 Å². The van der Waals surface area contributed by atoms with Gasteiger partial charge in [0.15, 0.2) is 0 Å². The average Bonchev–Trinajstić information content (AvgIpc) is 2.71. The van der Waals surface area contributed by atoms with Crippen LogP contribution in [0.1, 0.15) is 16.8 Å². The highest BCUT2D eigenvalue weighted by molar-refractivity contribution is 14.1. The molecular formula is C11H10ClIN2. The Bertz CT molecular complexity index is 411. The van der Waals surface area contributed by atoms with Gasteiger partial charge in [0.05, 0.1) is 5.38 Å². The summed E-state index contributed by atoms with van der Waals surface area (Å²) in [5.74, 6) is 0.925. The van der Waals surface area contributed by atoms with Crippen molar-refractivity contribution in [1.29, 1.82) is 0 Å². The van der Waals surface area contributed by atoms with Crippen LogP contribution in [0.15, 0.2) is 36.7 Å². The van der Waals surface area contributed by atoms with Crippen molar-refractivity contribution in [3.63, 3.8) is 0 Å². The summed E-state index contributed by atoms with van der Waals surface area (Å²) >= 11 is 8.57. The number of nitrogens with zero attached hydrogens (tertiary/aromatic N) is 1. The van der Waals surface area contributed by atoms with Gasteiger partial charge in [-0.2, -0.15) is 0 Å². The minimum Gasteiger partial charge on any atom is -0.349 e. The molecule has 1 atom stereocenters. The minimum absolute atomic E-state index is 0.0202. The molecular weight excluding hydrogens is 322 g/mol. The molecule has 1 aromatic heterocycles. The zero-order chi connectivity index (χ0) is 10.7. The Kier molecular flexibility index (Phi) is 3.64. The van der Waals surface area contributed by atoms with E-state index in [4.69, 9.17) is 11.6 Å². The quantitative estimate of drug-likeness (QED) is 0.676. The third kappa shape index (κ3) is 2.95. The third-order valence-electron chi connectivity index (χ3n) is 2.16. The molecule has 1 N–H and O–H groups in total. The van der Waals surface area contributed by atoms with Gasteiger partial charge in [0.2, 0.25) is 0 Å². The molecule has 0 amide bonds. The molecule has 1 heterocycles. The number of nitrogens with one attached hydrogen (secondary N) is 1. The standard InChI is InChI=1S/C11H10ClIN2/c12-10(7-11-14-5-6-15-11)8-1-3-9(13)4-2-8/h1-6,10H,7H2,(H,14,15). The van der Waals surface area contributed by atoms with Crippen LogP contribution in [0.25, 0.3) is 0 Å². The molecule has 2 aromatic rings. The van der Waals surface area contributed by atoms with E-state index in [9.17, 15) is 0 Å². The smallest absolute Gasteiger partial charge is 0.107 e. The molecule has 0 aliphatic carbocycles. The van der Waals surface area contributed by atoms with Crippen molar-refractivity contribution in [3.05, 3.63) is 51.6 Å². The number of aromatic amines is 1. The third-order valence-corrected chi connectivity index (χ3v) is 3.28. The highest BCUT2D eigenvalue weighted by Gasteiger charge is 2.09. The van der Waals surface area contributed by atoms with E-state index in [1.165, 1.54) is 3.57 Å². The number of hydrogen-bond acceptors (Lipinski definition) is 1. The lowest BCUT2D eigenvalue weighted by molar-refractivity contribution is 0.855. The van der Waals surface area contributed by atoms with Crippen LogP contribution in [0, 0.1) is 3.57 Å². The summed E-state index contributed by atoms with van der Waals surface area (Å²) in [6, 6.07) is 8.24. The van der Waals surface area contributed by atoms with Crippen molar-refractivity contribution in [1.82, 2.24) is 9.97 Å². The Labute approximate surface area is 107 Å². The number of rotatable bonds is 3. The van der Waals surface area contributed by atoms with Gasteiger partial charge >= 0.3 is 0 Å². The van der Waals surface area contributed by atoms with Crippen LogP contribution in [0.2, 0.25) is 0 Å². The van der Waals surface area contributed by atoms with Gasteiger partial charge in [-0.15, -0.1) is 11.6 Å². The fraction of sp³-hybridized carbons (Fsp3) is 0.182. The fourth-order valence-electron chi connectivity index (χ4n) is 1.37. The minimum atomic E-state index is -0.0202. The first kappa shape index (κ1) is 11.0. The topological polar surface area (TPSA) is 28.7 Å². The van der Waals surface area contributed by atoms with Gasteiger partial charge in [-0.1, -0.05) is 12.1 Å². The molecule has 15 heavy (non-hydrogen) atoms. The van der Waals surface area contributed by atoms with Crippen molar-refractivity contribution in [2.45, 2.75) is 11.8 Å². The lowest BCUT2D eigenvalue weighted by atomic mass is 10.1. The Morgan fingerprint density at radius 2 is 2.07 bits per heavy atom. The van der Waals surface area contributed by atoms with E-state index in [0.29, 0.717) is 0 Å². The maximum absolute atomic E-state index is 6.29. The summed E-state index contributed by atoms with van der Waals surface area (Å²) in [6.45, 7) is 0. The molecule has 1 unspecified atom stereocenters. The van der Waals surface area contributed by atoms with Gasteiger partial charge < -0.3 is 4.98 Å². The number of aromatic nitrogens is 2. The highest BCUT2D eigenvalue weighted by atomic mass is 127. The van der Waals surface area contributed by atoms with Crippen molar-refractivity contribution in [2.24, 2.45) is 0 Å². The number of halogens is 2. The average molecular weight is 333 g/mol. The van der Waals surface area contributed by atoms with Crippen LogP contribution in [-0.4, -0.2) is 9.97 Å². The first-order valence-corrected chi connectivity index (χ1v) is 6.15. The number of alkyl halides is 1. The predicted octanol–water partition coefficient (Wildman–Crippen LogP) is 3.54. The second-order valence-electron chi connectivity index (χ2n) is 3.26. The maximum atomic E-state index is 6.29. The van der Waals surface area contributed by atoms with Crippen LogP contribution >= 0.6 is 34.2 Å². The van der Waals surface area contributed by atoms with Gasteiger partial charge in [0.1, 0.15) is 5.82 Å². The Morgan fingerprint density at radius 1 is 1.33 bits per heavy atom. The molecule has 4 heteroatoms. The monoisotopic (exact) mass is 332 g/mol. The molecule has 1 aromatic carbocycles. The largest absolute Gasteiger partial charge is 0.349 e. The van der Waals surface area contributed by atoms with Crippen molar-refractivity contribution in [2.75, 3.05) is 0 Å². The number of hydrogen-bond donors (Lipinski definition) is 1. The van der Waals surface area contributed by atoms with E-state index in [1.54, 1.807) is 6.20 Å². The molecule has 0 bridgehead atoms. The lowest BCUT2D eigenvalue weighted by Gasteiger charge is -2.07. The second-order valence-corrected chi connectivity index (χ2v) is 5.03. The zero-order valence-corrected chi connectivity index (χ0v) is 10.9. The normalized spacial score (nSPS) is 12.7. The Morgan fingerprint density at radius 3 is 2.67 bits per heavy atom. The molecule has 0 fully saturated rings. The van der Waals surface area contributed by atoms with Crippen molar-refractivity contribution in [3.8, 4) is 0 Å². The molecule has 0 saturated carbocycles. The van der Waals surface area contributed by atoms with E-state index >= 15 is 0 Å². The molecule has 0 aliphatic rings. The lowest BCUT2D eigenvalue weighted by Crippen LogP contribution is -1.97. The van der Waals surface area contributed by atoms with E-state index < -0.39 is 0 Å². The summed E-state index contributed by atoms with van der Waals surface area (Å²) in [7, 11) is 0. The molecule has 2 nitrogen and oxygen atoms in total.